The molecule has 2 atom stereocenters. The third-order valence-corrected chi connectivity index (χ3v) is 5.56. The molecule has 0 fully saturated rings. The highest BCUT2D eigenvalue weighted by Crippen LogP contribution is 2.27. The van der Waals surface area contributed by atoms with Gasteiger partial charge in [-0.2, -0.15) is 0 Å². The molecular formula is C26H33N3O5. The van der Waals surface area contributed by atoms with Crippen LogP contribution < -0.4 is 15.4 Å². The van der Waals surface area contributed by atoms with E-state index in [-0.39, 0.29) is 5.91 Å². The van der Waals surface area contributed by atoms with Crippen molar-refractivity contribution in [3.63, 3.8) is 0 Å². The summed E-state index contributed by atoms with van der Waals surface area (Å²) in [7, 11) is 1.50. The van der Waals surface area contributed by atoms with Crippen LogP contribution in [-0.2, 0) is 27.4 Å². The van der Waals surface area contributed by atoms with E-state index in [4.69, 9.17) is 9.47 Å². The second-order valence-electron chi connectivity index (χ2n) is 9.45. The third kappa shape index (κ3) is 6.73. The second kappa shape index (κ2) is 10.6. The molecule has 8 heteroatoms. The van der Waals surface area contributed by atoms with Crippen molar-refractivity contribution in [2.24, 2.45) is 0 Å². The molecule has 2 aromatic carbocycles. The molecule has 0 unspecified atom stereocenters. The number of benzene rings is 2. The first kappa shape index (κ1) is 25.1. The molecular weight excluding hydrogens is 434 g/mol. The predicted octanol–water partition coefficient (Wildman–Crippen LogP) is 3.89. The lowest BCUT2D eigenvalue weighted by Crippen LogP contribution is -2.52. The van der Waals surface area contributed by atoms with E-state index >= 15 is 0 Å². The Morgan fingerprint density at radius 1 is 1.18 bits per heavy atom. The SMILES string of the molecule is C[C@@H](C(=O)N[C@H]1CCc2ccc(OCc3ccccc3)cc2NC1=O)N(C)C(=O)OC(C)(C)C. The third-order valence-electron chi connectivity index (χ3n) is 5.56. The number of fused-ring (bicyclic) bond motifs is 1. The number of likely N-dealkylation sites (N-methyl/N-ethyl adjacent to an activating group) is 1. The van der Waals surface area contributed by atoms with Crippen molar-refractivity contribution in [3.05, 3.63) is 59.7 Å². The van der Waals surface area contributed by atoms with Crippen LogP contribution in [0.15, 0.2) is 48.5 Å². The summed E-state index contributed by atoms with van der Waals surface area (Å²) in [5.41, 5.74) is 2.02. The van der Waals surface area contributed by atoms with Gasteiger partial charge in [-0.15, -0.1) is 0 Å². The van der Waals surface area contributed by atoms with Crippen molar-refractivity contribution >= 4 is 23.6 Å². The van der Waals surface area contributed by atoms with Gasteiger partial charge in [0.15, 0.2) is 0 Å². The number of nitrogens with one attached hydrogen (secondary N) is 2. The lowest BCUT2D eigenvalue weighted by molar-refractivity contribution is -0.129. The van der Waals surface area contributed by atoms with Gasteiger partial charge in [0.25, 0.3) is 0 Å². The molecule has 0 radical (unpaired) electrons. The Labute approximate surface area is 200 Å². The van der Waals surface area contributed by atoms with Crippen LogP contribution in [0, 0.1) is 0 Å². The van der Waals surface area contributed by atoms with Gasteiger partial charge in [0, 0.05) is 18.8 Å². The number of anilines is 1. The van der Waals surface area contributed by atoms with Crippen molar-refractivity contribution in [1.29, 1.82) is 0 Å². The molecule has 0 bridgehead atoms. The van der Waals surface area contributed by atoms with Gasteiger partial charge >= 0.3 is 6.09 Å². The number of hydrogen-bond acceptors (Lipinski definition) is 5. The molecule has 0 saturated heterocycles. The Balaban J connectivity index is 1.60. The molecule has 2 aromatic rings. The molecule has 3 amide bonds. The standard InChI is InChI=1S/C26H33N3O5/c1-17(29(5)25(32)34-26(2,3)4)23(30)27-21-14-12-19-11-13-20(15-22(19)28-24(21)31)33-16-18-9-7-6-8-10-18/h6-11,13,15,17,21H,12,14,16H2,1-5H3,(H,27,30)(H,28,31)/t17-,21-/m0/s1. The van der Waals surface area contributed by atoms with Gasteiger partial charge < -0.3 is 20.1 Å². The van der Waals surface area contributed by atoms with Gasteiger partial charge in [-0.3, -0.25) is 14.5 Å². The van der Waals surface area contributed by atoms with Crippen molar-refractivity contribution in [3.8, 4) is 5.75 Å². The summed E-state index contributed by atoms with van der Waals surface area (Å²) in [5, 5.41) is 5.67. The highest BCUT2D eigenvalue weighted by Gasteiger charge is 2.31. The lowest BCUT2D eigenvalue weighted by Gasteiger charge is -2.29. The van der Waals surface area contributed by atoms with E-state index in [0.717, 1.165) is 11.1 Å². The first-order valence-electron chi connectivity index (χ1n) is 11.4. The number of rotatable bonds is 6. The predicted molar refractivity (Wildman–Crippen MR) is 130 cm³/mol. The Morgan fingerprint density at radius 3 is 2.56 bits per heavy atom. The van der Waals surface area contributed by atoms with Crippen LogP contribution in [0.2, 0.25) is 0 Å². The molecule has 0 aliphatic carbocycles. The maximum absolute atomic E-state index is 12.8. The molecule has 0 aromatic heterocycles. The Bertz CT molecular complexity index is 1030. The summed E-state index contributed by atoms with van der Waals surface area (Å²) in [5.74, 6) is -0.0798. The van der Waals surface area contributed by atoms with E-state index in [0.29, 0.717) is 30.9 Å². The van der Waals surface area contributed by atoms with Gasteiger partial charge in [0.05, 0.1) is 0 Å². The van der Waals surface area contributed by atoms with Crippen LogP contribution in [0.4, 0.5) is 10.5 Å². The number of carbonyl (C=O) groups excluding carboxylic acids is 3. The van der Waals surface area contributed by atoms with E-state index in [1.807, 2.05) is 42.5 Å². The van der Waals surface area contributed by atoms with E-state index in [9.17, 15) is 14.4 Å². The van der Waals surface area contributed by atoms with Crippen LogP contribution in [0.5, 0.6) is 5.75 Å². The quantitative estimate of drug-likeness (QED) is 0.672. The zero-order chi connectivity index (χ0) is 24.9. The zero-order valence-corrected chi connectivity index (χ0v) is 20.4. The first-order chi connectivity index (χ1) is 16.0. The molecule has 1 heterocycles. The molecule has 1 aliphatic rings. The van der Waals surface area contributed by atoms with Crippen molar-refractivity contribution in [1.82, 2.24) is 10.2 Å². The largest absolute Gasteiger partial charge is 0.489 e. The average Bonchev–Trinajstić information content (AvgIpc) is 2.94. The molecule has 182 valence electrons. The first-order valence-corrected chi connectivity index (χ1v) is 11.4. The van der Waals surface area contributed by atoms with E-state index in [1.54, 1.807) is 33.8 Å². The summed E-state index contributed by atoms with van der Waals surface area (Å²) in [6.07, 6.45) is 0.447. The maximum Gasteiger partial charge on any atom is 0.410 e. The van der Waals surface area contributed by atoms with Crippen molar-refractivity contribution < 1.29 is 23.9 Å². The molecule has 3 rings (SSSR count). The lowest BCUT2D eigenvalue weighted by atomic mass is 10.1. The summed E-state index contributed by atoms with van der Waals surface area (Å²) in [6, 6.07) is 13.9. The fourth-order valence-electron chi connectivity index (χ4n) is 3.47. The Morgan fingerprint density at radius 2 is 1.88 bits per heavy atom. The average molecular weight is 468 g/mol. The summed E-state index contributed by atoms with van der Waals surface area (Å²) in [6.45, 7) is 7.30. The van der Waals surface area contributed by atoms with Crippen LogP contribution in [0.3, 0.4) is 0 Å². The van der Waals surface area contributed by atoms with Gasteiger partial charge in [0.2, 0.25) is 11.8 Å². The Kier molecular flexibility index (Phi) is 7.81. The number of aryl methyl sites for hydroxylation is 1. The maximum atomic E-state index is 12.8. The van der Waals surface area contributed by atoms with Crippen LogP contribution in [0.1, 0.15) is 45.2 Å². The van der Waals surface area contributed by atoms with Crippen LogP contribution in [-0.4, -0.2) is 47.5 Å². The highest BCUT2D eigenvalue weighted by atomic mass is 16.6. The summed E-state index contributed by atoms with van der Waals surface area (Å²) < 4.78 is 11.2. The number of hydrogen-bond donors (Lipinski definition) is 2. The minimum absolute atomic E-state index is 0.306. The molecule has 2 N–H and O–H groups in total. The van der Waals surface area contributed by atoms with Gasteiger partial charge in [0.1, 0.15) is 30.0 Å². The Hall–Kier alpha value is -3.55. The fraction of sp³-hybridized carbons (Fsp3) is 0.423. The normalized spacial score (nSPS) is 16.4. The minimum atomic E-state index is -0.800. The van der Waals surface area contributed by atoms with Crippen LogP contribution in [0.25, 0.3) is 0 Å². The van der Waals surface area contributed by atoms with Crippen molar-refractivity contribution in [2.45, 2.75) is 64.8 Å². The molecule has 34 heavy (non-hydrogen) atoms. The summed E-state index contributed by atoms with van der Waals surface area (Å²) >= 11 is 0. The summed E-state index contributed by atoms with van der Waals surface area (Å²) in [4.78, 5) is 39.1. The molecule has 0 spiro atoms. The van der Waals surface area contributed by atoms with Gasteiger partial charge in [-0.25, -0.2) is 4.79 Å². The van der Waals surface area contributed by atoms with E-state index < -0.39 is 29.7 Å². The topological polar surface area (TPSA) is 97.0 Å². The molecule has 0 saturated carbocycles. The number of amides is 3. The van der Waals surface area contributed by atoms with Crippen molar-refractivity contribution in [2.75, 3.05) is 12.4 Å². The molecule has 8 nitrogen and oxygen atoms in total. The second-order valence-corrected chi connectivity index (χ2v) is 9.45. The minimum Gasteiger partial charge on any atom is -0.489 e. The fourth-order valence-corrected chi connectivity index (χ4v) is 3.47. The van der Waals surface area contributed by atoms with Gasteiger partial charge in [-0.1, -0.05) is 36.4 Å². The van der Waals surface area contributed by atoms with E-state index in [1.165, 1.54) is 11.9 Å². The smallest absolute Gasteiger partial charge is 0.410 e. The highest BCUT2D eigenvalue weighted by molar-refractivity contribution is 5.99. The number of nitrogens with zero attached hydrogens (tertiary/aromatic N) is 1. The number of ether oxygens (including phenoxy) is 2. The monoisotopic (exact) mass is 467 g/mol. The molecule has 1 aliphatic heterocycles. The zero-order valence-electron chi connectivity index (χ0n) is 20.4. The van der Waals surface area contributed by atoms with E-state index in [2.05, 4.69) is 10.6 Å². The van der Waals surface area contributed by atoms with Gasteiger partial charge in [-0.05, 0) is 57.7 Å². The van der Waals surface area contributed by atoms with Crippen LogP contribution >= 0.6 is 0 Å². The number of carbonyl (C=O) groups is 3.